The Morgan fingerprint density at radius 3 is 2.53 bits per heavy atom. The molecule has 3 nitrogen and oxygen atoms in total. The van der Waals surface area contributed by atoms with Crippen LogP contribution in [0.2, 0.25) is 0 Å². The van der Waals surface area contributed by atoms with Gasteiger partial charge in [-0.15, -0.1) is 0 Å². The smallest absolute Gasteiger partial charge is 0.163 e. The minimum absolute atomic E-state index is 0.277. The molecule has 0 amide bonds. The van der Waals surface area contributed by atoms with Gasteiger partial charge in [-0.3, -0.25) is 0 Å². The molecular weight excluding hydrogens is 216 g/mol. The van der Waals surface area contributed by atoms with Gasteiger partial charge < -0.3 is 14.6 Å². The fraction of sp³-hybridized carbons (Fsp3) is 1.00. The zero-order valence-electron chi connectivity index (χ0n) is 11.9. The predicted molar refractivity (Wildman–Crippen MR) is 68.7 cm³/mol. The molecule has 1 rings (SSSR count). The van der Waals surface area contributed by atoms with E-state index in [9.17, 15) is 0 Å². The highest BCUT2D eigenvalue weighted by Crippen LogP contribution is 2.31. The van der Waals surface area contributed by atoms with Crippen LogP contribution in [0.15, 0.2) is 0 Å². The van der Waals surface area contributed by atoms with Gasteiger partial charge in [0.15, 0.2) is 5.79 Å². The topological polar surface area (TPSA) is 38.7 Å². The van der Waals surface area contributed by atoms with Gasteiger partial charge in [0.05, 0.1) is 12.7 Å². The maximum absolute atomic E-state index is 9.07. The fourth-order valence-electron chi connectivity index (χ4n) is 2.49. The lowest BCUT2D eigenvalue weighted by Gasteiger charge is -2.41. The van der Waals surface area contributed by atoms with Crippen molar-refractivity contribution < 1.29 is 14.6 Å². The highest BCUT2D eigenvalue weighted by Gasteiger charge is 2.34. The lowest BCUT2D eigenvalue weighted by atomic mass is 9.88. The third-order valence-electron chi connectivity index (χ3n) is 3.51. The minimum Gasteiger partial charge on any atom is -0.396 e. The molecule has 4 atom stereocenters. The van der Waals surface area contributed by atoms with Crippen molar-refractivity contribution in [3.8, 4) is 0 Å². The summed E-state index contributed by atoms with van der Waals surface area (Å²) in [6, 6.07) is 0. The van der Waals surface area contributed by atoms with Crippen LogP contribution in [-0.4, -0.2) is 30.2 Å². The molecule has 1 aliphatic rings. The molecule has 102 valence electrons. The van der Waals surface area contributed by atoms with Crippen molar-refractivity contribution >= 4 is 0 Å². The monoisotopic (exact) mass is 244 g/mol. The molecular formula is C14H28O3. The highest BCUT2D eigenvalue weighted by atomic mass is 16.7. The zero-order valence-corrected chi connectivity index (χ0v) is 11.9. The van der Waals surface area contributed by atoms with E-state index in [0.717, 1.165) is 19.4 Å². The van der Waals surface area contributed by atoms with Gasteiger partial charge >= 0.3 is 0 Å². The normalized spacial score (nSPS) is 32.1. The van der Waals surface area contributed by atoms with Gasteiger partial charge in [0, 0.05) is 12.5 Å². The van der Waals surface area contributed by atoms with E-state index in [0.29, 0.717) is 17.8 Å². The molecule has 1 saturated heterocycles. The van der Waals surface area contributed by atoms with E-state index < -0.39 is 5.79 Å². The summed E-state index contributed by atoms with van der Waals surface area (Å²) < 4.78 is 11.6. The Morgan fingerprint density at radius 2 is 1.94 bits per heavy atom. The molecule has 0 aromatic heterocycles. The lowest BCUT2D eigenvalue weighted by molar-refractivity contribution is -0.293. The summed E-state index contributed by atoms with van der Waals surface area (Å²) in [7, 11) is 0. The number of rotatable bonds is 5. The number of aliphatic hydroxyl groups excluding tert-OH is 1. The standard InChI is InChI=1S/C14H28O3/c1-10(6-11(2)8-15)7-13-12(3)9-16-14(4,5)17-13/h10-13,15H,6-9H2,1-5H3/t10-,11+,12+,13-/m0/s1. The van der Waals surface area contributed by atoms with Crippen LogP contribution < -0.4 is 0 Å². The largest absolute Gasteiger partial charge is 0.396 e. The van der Waals surface area contributed by atoms with Crippen LogP contribution in [0.25, 0.3) is 0 Å². The SMILES string of the molecule is C[C@@H](CO)C[C@H](C)C[C@@H]1OC(C)(C)OC[C@H]1C. The van der Waals surface area contributed by atoms with Crippen LogP contribution in [0.1, 0.15) is 47.5 Å². The third-order valence-corrected chi connectivity index (χ3v) is 3.51. The van der Waals surface area contributed by atoms with Crippen LogP contribution in [0.5, 0.6) is 0 Å². The van der Waals surface area contributed by atoms with Crippen molar-refractivity contribution in [2.75, 3.05) is 13.2 Å². The first kappa shape index (κ1) is 14.9. The zero-order chi connectivity index (χ0) is 13.1. The van der Waals surface area contributed by atoms with Crippen molar-refractivity contribution in [1.29, 1.82) is 0 Å². The maximum atomic E-state index is 9.07. The summed E-state index contributed by atoms with van der Waals surface area (Å²) >= 11 is 0. The van der Waals surface area contributed by atoms with Crippen LogP contribution >= 0.6 is 0 Å². The molecule has 0 aromatic carbocycles. The molecule has 1 heterocycles. The van der Waals surface area contributed by atoms with Gasteiger partial charge in [0.2, 0.25) is 0 Å². The molecule has 1 aliphatic heterocycles. The van der Waals surface area contributed by atoms with Crippen molar-refractivity contribution in [2.24, 2.45) is 17.8 Å². The summed E-state index contributed by atoms with van der Waals surface area (Å²) in [6.07, 6.45) is 2.39. The van der Waals surface area contributed by atoms with E-state index in [1.54, 1.807) is 0 Å². The molecule has 17 heavy (non-hydrogen) atoms. The molecule has 1 N–H and O–H groups in total. The molecule has 0 bridgehead atoms. The number of aliphatic hydroxyl groups is 1. The molecule has 0 radical (unpaired) electrons. The second kappa shape index (κ2) is 6.17. The fourth-order valence-corrected chi connectivity index (χ4v) is 2.49. The summed E-state index contributed by atoms with van der Waals surface area (Å²) in [6.45, 7) is 11.5. The van der Waals surface area contributed by atoms with E-state index >= 15 is 0 Å². The molecule has 0 spiro atoms. The lowest BCUT2D eigenvalue weighted by Crippen LogP contribution is -2.45. The minimum atomic E-state index is -0.445. The van der Waals surface area contributed by atoms with Gasteiger partial charge in [-0.25, -0.2) is 0 Å². The average Bonchev–Trinajstić information content (AvgIpc) is 2.23. The predicted octanol–water partition coefficient (Wildman–Crippen LogP) is 2.82. The highest BCUT2D eigenvalue weighted by molar-refractivity contribution is 4.77. The number of hydrogen-bond acceptors (Lipinski definition) is 3. The van der Waals surface area contributed by atoms with Crippen molar-refractivity contribution in [1.82, 2.24) is 0 Å². The van der Waals surface area contributed by atoms with Gasteiger partial charge in [-0.2, -0.15) is 0 Å². The molecule has 3 heteroatoms. The van der Waals surface area contributed by atoms with Crippen LogP contribution in [0.4, 0.5) is 0 Å². The van der Waals surface area contributed by atoms with Crippen LogP contribution in [-0.2, 0) is 9.47 Å². The first-order chi connectivity index (χ1) is 7.84. The summed E-state index contributed by atoms with van der Waals surface area (Å²) in [5, 5.41) is 9.07. The van der Waals surface area contributed by atoms with Gasteiger partial charge in [0.1, 0.15) is 0 Å². The second-order valence-electron chi connectivity index (χ2n) is 6.21. The Balaban J connectivity index is 2.43. The number of hydrogen-bond donors (Lipinski definition) is 1. The molecule has 0 unspecified atom stereocenters. The van der Waals surface area contributed by atoms with Gasteiger partial charge in [0.25, 0.3) is 0 Å². The second-order valence-corrected chi connectivity index (χ2v) is 6.21. The van der Waals surface area contributed by atoms with Gasteiger partial charge in [-0.1, -0.05) is 20.8 Å². The Kier molecular flexibility index (Phi) is 5.42. The molecule has 0 aliphatic carbocycles. The van der Waals surface area contributed by atoms with Crippen molar-refractivity contribution in [3.63, 3.8) is 0 Å². The molecule has 0 aromatic rings. The van der Waals surface area contributed by atoms with E-state index in [1.165, 1.54) is 0 Å². The Bertz CT molecular complexity index is 228. The Hall–Kier alpha value is -0.120. The van der Waals surface area contributed by atoms with Crippen molar-refractivity contribution in [2.45, 2.75) is 59.4 Å². The first-order valence-electron chi connectivity index (χ1n) is 6.76. The number of ether oxygens (including phenoxy) is 2. The van der Waals surface area contributed by atoms with Crippen LogP contribution in [0.3, 0.4) is 0 Å². The summed E-state index contributed by atoms with van der Waals surface area (Å²) in [4.78, 5) is 0. The average molecular weight is 244 g/mol. The van der Waals surface area contributed by atoms with E-state index in [-0.39, 0.29) is 12.7 Å². The van der Waals surface area contributed by atoms with Gasteiger partial charge in [-0.05, 0) is 38.5 Å². The van der Waals surface area contributed by atoms with E-state index in [4.69, 9.17) is 14.6 Å². The van der Waals surface area contributed by atoms with E-state index in [1.807, 2.05) is 13.8 Å². The summed E-state index contributed by atoms with van der Waals surface area (Å²) in [5.74, 6) is 0.973. The van der Waals surface area contributed by atoms with Crippen LogP contribution in [0, 0.1) is 17.8 Å². The first-order valence-corrected chi connectivity index (χ1v) is 6.76. The maximum Gasteiger partial charge on any atom is 0.163 e. The molecule has 1 fully saturated rings. The Morgan fingerprint density at radius 1 is 1.29 bits per heavy atom. The van der Waals surface area contributed by atoms with Crippen molar-refractivity contribution in [3.05, 3.63) is 0 Å². The quantitative estimate of drug-likeness (QED) is 0.808. The third kappa shape index (κ3) is 4.94. The Labute approximate surface area is 105 Å². The van der Waals surface area contributed by atoms with E-state index in [2.05, 4.69) is 20.8 Å². The molecule has 0 saturated carbocycles. The summed E-state index contributed by atoms with van der Waals surface area (Å²) in [5.41, 5.74) is 0.